The second kappa shape index (κ2) is 7.76. The third kappa shape index (κ3) is 4.55. The lowest BCUT2D eigenvalue weighted by molar-refractivity contribution is 0.377. The summed E-state index contributed by atoms with van der Waals surface area (Å²) in [5, 5.41) is 0. The first kappa shape index (κ1) is 15.5. The van der Waals surface area contributed by atoms with E-state index in [1.54, 1.807) is 7.11 Å². The quantitative estimate of drug-likeness (QED) is 0.833. The van der Waals surface area contributed by atoms with E-state index in [0.717, 1.165) is 36.7 Å². The average molecular weight is 285 g/mol. The molecule has 4 nitrogen and oxygen atoms in total. The van der Waals surface area contributed by atoms with Gasteiger partial charge in [-0.15, -0.1) is 0 Å². The molecule has 1 aromatic rings. The zero-order valence-corrected chi connectivity index (χ0v) is 12.7. The minimum absolute atomic E-state index is 0.676. The van der Waals surface area contributed by atoms with E-state index in [-0.39, 0.29) is 0 Å². The number of hydrogen-bond donors (Lipinski definition) is 1. The fourth-order valence-corrected chi connectivity index (χ4v) is 2.28. The van der Waals surface area contributed by atoms with Crippen molar-refractivity contribution in [2.45, 2.75) is 0 Å². The normalized spacial score (nSPS) is 14.7. The summed E-state index contributed by atoms with van der Waals surface area (Å²) in [6.07, 6.45) is 6.33. The number of likely N-dealkylation sites (N-methyl/N-ethyl adjacent to an activating group) is 1. The van der Waals surface area contributed by atoms with E-state index >= 15 is 0 Å². The summed E-state index contributed by atoms with van der Waals surface area (Å²) in [7, 11) is 3.76. The summed E-state index contributed by atoms with van der Waals surface area (Å²) in [5.74, 6) is 0.865. The number of ether oxygens (including phenoxy) is 1. The van der Waals surface area contributed by atoms with Crippen LogP contribution in [0, 0.1) is 0 Å². The van der Waals surface area contributed by atoms with E-state index in [2.05, 4.69) is 41.2 Å². The molecule has 21 heavy (non-hydrogen) atoms. The third-order valence-electron chi connectivity index (χ3n) is 3.41. The van der Waals surface area contributed by atoms with Crippen molar-refractivity contribution in [3.8, 4) is 5.75 Å². The van der Waals surface area contributed by atoms with Crippen LogP contribution >= 0.6 is 0 Å². The Hall–Kier alpha value is -1.91. The Bertz CT molecular complexity index is 561. The number of hydrogen-bond acceptors (Lipinski definition) is 4. The summed E-state index contributed by atoms with van der Waals surface area (Å²) in [6.45, 7) is 3.22. The van der Waals surface area contributed by atoms with E-state index in [9.17, 15) is 0 Å². The summed E-state index contributed by atoms with van der Waals surface area (Å²) < 4.78 is 5.23. The Morgan fingerprint density at radius 1 is 1.38 bits per heavy atom. The van der Waals surface area contributed by atoms with E-state index in [1.165, 1.54) is 5.57 Å². The van der Waals surface area contributed by atoms with Crippen LogP contribution in [0.3, 0.4) is 0 Å². The first-order valence-electron chi connectivity index (χ1n) is 7.17. The van der Waals surface area contributed by atoms with Crippen LogP contribution in [0.2, 0.25) is 0 Å². The number of nitrogens with two attached hydrogens (primary N) is 1. The van der Waals surface area contributed by atoms with Crippen LogP contribution in [0.4, 0.5) is 0 Å². The monoisotopic (exact) mass is 285 g/mol. The minimum atomic E-state index is 0.676. The van der Waals surface area contributed by atoms with Gasteiger partial charge >= 0.3 is 0 Å². The van der Waals surface area contributed by atoms with Gasteiger partial charge in [0.1, 0.15) is 5.75 Å². The van der Waals surface area contributed by atoms with E-state index in [1.807, 2.05) is 18.2 Å². The van der Waals surface area contributed by atoms with Gasteiger partial charge < -0.3 is 15.4 Å². The number of allylic oxidation sites excluding steroid dienone is 1. The Morgan fingerprint density at radius 2 is 2.24 bits per heavy atom. The van der Waals surface area contributed by atoms with E-state index < -0.39 is 0 Å². The molecule has 0 aliphatic carbocycles. The highest BCUT2D eigenvalue weighted by molar-refractivity contribution is 6.12. The van der Waals surface area contributed by atoms with E-state index in [4.69, 9.17) is 10.5 Å². The average Bonchev–Trinajstić information content (AvgIpc) is 2.92. The van der Waals surface area contributed by atoms with Gasteiger partial charge in [0.25, 0.3) is 0 Å². The van der Waals surface area contributed by atoms with Crippen molar-refractivity contribution in [3.05, 3.63) is 47.6 Å². The SMILES string of the molecule is COc1cccc(/C=C/C2=NCC=C2CN(C)CCN)c1. The van der Waals surface area contributed by atoms with Crippen LogP contribution in [0.5, 0.6) is 5.75 Å². The van der Waals surface area contributed by atoms with E-state index in [0.29, 0.717) is 6.54 Å². The van der Waals surface area contributed by atoms with Crippen molar-refractivity contribution in [1.29, 1.82) is 0 Å². The summed E-state index contributed by atoms with van der Waals surface area (Å²) >= 11 is 0. The molecule has 1 aliphatic heterocycles. The van der Waals surface area contributed by atoms with Crippen molar-refractivity contribution in [2.24, 2.45) is 10.7 Å². The summed E-state index contributed by atoms with van der Waals surface area (Å²) in [6, 6.07) is 7.99. The molecule has 1 aromatic carbocycles. The molecule has 0 spiro atoms. The molecular weight excluding hydrogens is 262 g/mol. The maximum atomic E-state index is 5.58. The number of methoxy groups -OCH3 is 1. The second-order valence-electron chi connectivity index (χ2n) is 5.09. The maximum absolute atomic E-state index is 5.58. The van der Waals surface area contributed by atoms with Crippen LogP contribution < -0.4 is 10.5 Å². The highest BCUT2D eigenvalue weighted by Crippen LogP contribution is 2.15. The lowest BCUT2D eigenvalue weighted by Crippen LogP contribution is -2.28. The molecule has 0 bridgehead atoms. The molecule has 0 aromatic heterocycles. The molecule has 0 fully saturated rings. The summed E-state index contributed by atoms with van der Waals surface area (Å²) in [4.78, 5) is 6.75. The molecule has 0 saturated heterocycles. The standard InChI is InChI=1S/C17H23N3O/c1-20(11-9-18)13-15-8-10-19-17(15)7-6-14-4-3-5-16(12-14)21-2/h3-8,12H,9-11,13,18H2,1-2H3/b7-6+. The molecule has 1 aliphatic rings. The minimum Gasteiger partial charge on any atom is -0.497 e. The molecule has 0 saturated carbocycles. The van der Waals surface area contributed by atoms with Gasteiger partial charge in [-0.25, -0.2) is 0 Å². The van der Waals surface area contributed by atoms with Gasteiger partial charge in [-0.2, -0.15) is 0 Å². The van der Waals surface area contributed by atoms with Crippen molar-refractivity contribution >= 4 is 11.8 Å². The summed E-state index contributed by atoms with van der Waals surface area (Å²) in [5.41, 5.74) is 9.02. The molecule has 4 heteroatoms. The van der Waals surface area contributed by atoms with Gasteiger partial charge in [0.05, 0.1) is 19.4 Å². The Labute approximate surface area is 126 Å². The third-order valence-corrected chi connectivity index (χ3v) is 3.41. The molecule has 0 unspecified atom stereocenters. The Kier molecular flexibility index (Phi) is 5.72. The molecule has 1 heterocycles. The Balaban J connectivity index is 2.01. The lowest BCUT2D eigenvalue weighted by Gasteiger charge is -2.16. The van der Waals surface area contributed by atoms with Crippen molar-refractivity contribution in [2.75, 3.05) is 40.3 Å². The van der Waals surface area contributed by atoms with Crippen molar-refractivity contribution in [1.82, 2.24) is 4.90 Å². The van der Waals surface area contributed by atoms with Gasteiger partial charge in [-0.05, 0) is 36.4 Å². The Morgan fingerprint density at radius 3 is 3.00 bits per heavy atom. The zero-order valence-electron chi connectivity index (χ0n) is 12.7. The van der Waals surface area contributed by atoms with Crippen LogP contribution in [0.25, 0.3) is 6.08 Å². The van der Waals surface area contributed by atoms with Crippen LogP contribution in [-0.2, 0) is 0 Å². The van der Waals surface area contributed by atoms with Gasteiger partial charge in [-0.3, -0.25) is 4.99 Å². The smallest absolute Gasteiger partial charge is 0.119 e. The fourth-order valence-electron chi connectivity index (χ4n) is 2.28. The number of aliphatic imine (C=N–C) groups is 1. The molecule has 2 N–H and O–H groups in total. The first-order valence-corrected chi connectivity index (χ1v) is 7.17. The fraction of sp³-hybridized carbons (Fsp3) is 0.353. The van der Waals surface area contributed by atoms with Crippen LogP contribution in [0.1, 0.15) is 5.56 Å². The number of nitrogens with zero attached hydrogens (tertiary/aromatic N) is 2. The molecule has 0 amide bonds. The largest absolute Gasteiger partial charge is 0.497 e. The predicted molar refractivity (Wildman–Crippen MR) is 89.0 cm³/mol. The molecule has 0 radical (unpaired) electrons. The van der Waals surface area contributed by atoms with Crippen LogP contribution in [-0.4, -0.2) is 50.9 Å². The number of benzene rings is 1. The highest BCUT2D eigenvalue weighted by atomic mass is 16.5. The number of rotatable bonds is 7. The maximum Gasteiger partial charge on any atom is 0.119 e. The highest BCUT2D eigenvalue weighted by Gasteiger charge is 2.11. The van der Waals surface area contributed by atoms with Gasteiger partial charge in [0, 0.05) is 19.6 Å². The molecule has 2 rings (SSSR count). The first-order chi connectivity index (χ1) is 10.2. The van der Waals surface area contributed by atoms with Gasteiger partial charge in [0.15, 0.2) is 0 Å². The van der Waals surface area contributed by atoms with Gasteiger partial charge in [0.2, 0.25) is 0 Å². The lowest BCUT2D eigenvalue weighted by atomic mass is 10.1. The molecule has 112 valence electrons. The van der Waals surface area contributed by atoms with Crippen LogP contribution in [0.15, 0.2) is 47.0 Å². The zero-order chi connectivity index (χ0) is 15.1. The topological polar surface area (TPSA) is 50.8 Å². The van der Waals surface area contributed by atoms with Crippen molar-refractivity contribution in [3.63, 3.8) is 0 Å². The second-order valence-corrected chi connectivity index (χ2v) is 5.09. The van der Waals surface area contributed by atoms with Gasteiger partial charge in [-0.1, -0.05) is 24.3 Å². The van der Waals surface area contributed by atoms with Crippen molar-refractivity contribution < 1.29 is 4.74 Å². The molecule has 0 atom stereocenters. The molecular formula is C17H23N3O. The predicted octanol–water partition coefficient (Wildman–Crippen LogP) is 1.98.